The van der Waals surface area contributed by atoms with Crippen LogP contribution in [0.25, 0.3) is 0 Å². The van der Waals surface area contributed by atoms with Crippen LogP contribution in [-0.2, 0) is 19.3 Å². The molecule has 4 heteroatoms. The Morgan fingerprint density at radius 3 is 3.04 bits per heavy atom. The van der Waals surface area contributed by atoms with Crippen LogP contribution in [0.3, 0.4) is 0 Å². The molecule has 0 saturated carbocycles. The summed E-state index contributed by atoms with van der Waals surface area (Å²) in [5.74, 6) is 2.09. The van der Waals surface area contributed by atoms with Crippen molar-refractivity contribution >= 4 is 5.78 Å². The summed E-state index contributed by atoms with van der Waals surface area (Å²) >= 11 is 0. The van der Waals surface area contributed by atoms with Gasteiger partial charge in [0, 0.05) is 42.4 Å². The molecule has 1 aliphatic carbocycles. The molecule has 2 atom stereocenters. The van der Waals surface area contributed by atoms with Gasteiger partial charge in [0.05, 0.1) is 6.26 Å². The fourth-order valence-electron chi connectivity index (χ4n) is 4.61. The topological polar surface area (TPSA) is 49.2 Å². The number of H-pyrrole nitrogens is 1. The van der Waals surface area contributed by atoms with Crippen molar-refractivity contribution in [1.29, 1.82) is 0 Å². The van der Waals surface area contributed by atoms with Crippen LogP contribution in [0.4, 0.5) is 0 Å². The fourth-order valence-corrected chi connectivity index (χ4v) is 4.61. The summed E-state index contributed by atoms with van der Waals surface area (Å²) < 4.78 is 5.43. The Balaban J connectivity index is 1.50. The predicted molar refractivity (Wildman–Crippen MR) is 93.4 cm³/mol. The second kappa shape index (κ2) is 6.25. The van der Waals surface area contributed by atoms with Crippen molar-refractivity contribution in [1.82, 2.24) is 9.88 Å². The van der Waals surface area contributed by atoms with E-state index in [9.17, 15) is 4.79 Å². The van der Waals surface area contributed by atoms with Crippen molar-refractivity contribution < 1.29 is 9.21 Å². The molecule has 2 aromatic rings. The number of Topliss-reactive ketones (excluding diaryl/α,β-unsaturated/α-hetero) is 1. The van der Waals surface area contributed by atoms with Crippen molar-refractivity contribution in [2.45, 2.75) is 39.5 Å². The van der Waals surface area contributed by atoms with E-state index < -0.39 is 0 Å². The number of carbonyl (C=O) groups is 1. The molecule has 24 heavy (non-hydrogen) atoms. The number of ketones is 1. The van der Waals surface area contributed by atoms with Crippen LogP contribution >= 0.6 is 0 Å². The second-order valence-electron chi connectivity index (χ2n) is 7.29. The third-order valence-electron chi connectivity index (χ3n) is 5.89. The molecule has 0 unspecified atom stereocenters. The van der Waals surface area contributed by atoms with Gasteiger partial charge in [0.15, 0.2) is 5.78 Å². The Hall–Kier alpha value is -1.81. The first-order valence-electron chi connectivity index (χ1n) is 9.16. The Morgan fingerprint density at radius 1 is 1.42 bits per heavy atom. The number of carbonyl (C=O) groups excluding carboxylic acids is 1. The maximum atomic E-state index is 13.2. The first-order chi connectivity index (χ1) is 11.7. The monoisotopic (exact) mass is 326 g/mol. The van der Waals surface area contributed by atoms with Gasteiger partial charge in [-0.05, 0) is 56.3 Å². The minimum atomic E-state index is 0.170. The average Bonchev–Trinajstić information content (AvgIpc) is 3.20. The molecule has 0 bridgehead atoms. The molecule has 1 fully saturated rings. The first kappa shape index (κ1) is 15.7. The molecule has 0 spiro atoms. The van der Waals surface area contributed by atoms with Crippen LogP contribution in [0.1, 0.15) is 46.4 Å². The highest BCUT2D eigenvalue weighted by molar-refractivity contribution is 6.02. The van der Waals surface area contributed by atoms with Crippen molar-refractivity contribution in [3.05, 3.63) is 46.7 Å². The van der Waals surface area contributed by atoms with E-state index >= 15 is 0 Å². The van der Waals surface area contributed by atoms with E-state index in [0.29, 0.717) is 11.7 Å². The number of fused-ring (bicyclic) bond motifs is 2. The van der Waals surface area contributed by atoms with Gasteiger partial charge in [-0.3, -0.25) is 4.79 Å². The van der Waals surface area contributed by atoms with E-state index in [-0.39, 0.29) is 5.92 Å². The average molecular weight is 326 g/mol. The lowest BCUT2D eigenvalue weighted by Crippen LogP contribution is -2.47. The molecular weight excluding hydrogens is 300 g/mol. The number of aryl methyl sites for hydroxylation is 1. The van der Waals surface area contributed by atoms with Gasteiger partial charge in [-0.2, -0.15) is 0 Å². The number of aromatic amines is 1. The lowest BCUT2D eigenvalue weighted by Gasteiger charge is -2.40. The summed E-state index contributed by atoms with van der Waals surface area (Å²) in [6.45, 7) is 7.21. The van der Waals surface area contributed by atoms with Crippen LogP contribution in [0.15, 0.2) is 22.8 Å². The minimum Gasteiger partial charge on any atom is -0.469 e. The van der Waals surface area contributed by atoms with E-state index in [1.807, 2.05) is 12.1 Å². The maximum absolute atomic E-state index is 13.2. The van der Waals surface area contributed by atoms with Gasteiger partial charge >= 0.3 is 0 Å². The zero-order chi connectivity index (χ0) is 16.7. The predicted octanol–water partition coefficient (Wildman–Crippen LogP) is 3.40. The Labute approximate surface area is 143 Å². The summed E-state index contributed by atoms with van der Waals surface area (Å²) in [5, 5.41) is 0. The number of rotatable bonds is 4. The number of furan rings is 1. The van der Waals surface area contributed by atoms with Gasteiger partial charge in [-0.15, -0.1) is 0 Å². The van der Waals surface area contributed by atoms with E-state index in [1.165, 1.54) is 17.0 Å². The summed E-state index contributed by atoms with van der Waals surface area (Å²) in [4.78, 5) is 19.1. The van der Waals surface area contributed by atoms with E-state index in [2.05, 4.69) is 23.7 Å². The normalized spacial score (nSPS) is 24.0. The number of likely N-dealkylation sites (tertiary alicyclic amines) is 1. The van der Waals surface area contributed by atoms with Crippen molar-refractivity contribution in [3.8, 4) is 0 Å². The summed E-state index contributed by atoms with van der Waals surface area (Å²) in [5.41, 5.74) is 4.63. The molecule has 4 rings (SSSR count). The summed E-state index contributed by atoms with van der Waals surface area (Å²) in [6.07, 6.45) is 5.75. The van der Waals surface area contributed by atoms with Gasteiger partial charge < -0.3 is 14.3 Å². The third kappa shape index (κ3) is 2.63. The molecule has 0 radical (unpaired) electrons. The fraction of sp³-hybridized carbons (Fsp3) is 0.550. The molecule has 3 heterocycles. The molecule has 2 aliphatic rings. The lowest BCUT2D eigenvalue weighted by molar-refractivity contribution is 0.0660. The molecule has 2 aromatic heterocycles. The maximum Gasteiger partial charge on any atom is 0.169 e. The highest BCUT2D eigenvalue weighted by Gasteiger charge is 2.41. The highest BCUT2D eigenvalue weighted by atomic mass is 16.3. The van der Waals surface area contributed by atoms with E-state index in [4.69, 9.17) is 4.42 Å². The van der Waals surface area contributed by atoms with Crippen LogP contribution in [0.5, 0.6) is 0 Å². The smallest absolute Gasteiger partial charge is 0.169 e. The van der Waals surface area contributed by atoms with Gasteiger partial charge in [0.25, 0.3) is 0 Å². The highest BCUT2D eigenvalue weighted by Crippen LogP contribution is 2.38. The molecule has 4 nitrogen and oxygen atoms in total. The Morgan fingerprint density at radius 2 is 2.29 bits per heavy atom. The van der Waals surface area contributed by atoms with Crippen LogP contribution < -0.4 is 0 Å². The van der Waals surface area contributed by atoms with Crippen molar-refractivity contribution in [3.63, 3.8) is 0 Å². The zero-order valence-corrected chi connectivity index (χ0v) is 14.6. The number of nitrogens with zero attached hydrogens (tertiary/aromatic N) is 1. The molecule has 1 aliphatic heterocycles. The number of hydrogen-bond acceptors (Lipinski definition) is 3. The van der Waals surface area contributed by atoms with Gasteiger partial charge in [0.2, 0.25) is 0 Å². The third-order valence-corrected chi connectivity index (χ3v) is 5.89. The van der Waals surface area contributed by atoms with E-state index in [1.54, 1.807) is 6.26 Å². The van der Waals surface area contributed by atoms with Crippen LogP contribution in [0, 0.1) is 18.8 Å². The Bertz CT molecular complexity index is 729. The minimum absolute atomic E-state index is 0.170. The second-order valence-corrected chi connectivity index (χ2v) is 7.29. The van der Waals surface area contributed by atoms with E-state index in [0.717, 1.165) is 56.6 Å². The van der Waals surface area contributed by atoms with Crippen LogP contribution in [-0.4, -0.2) is 35.3 Å². The summed E-state index contributed by atoms with van der Waals surface area (Å²) in [6, 6.07) is 3.97. The van der Waals surface area contributed by atoms with Gasteiger partial charge in [0.1, 0.15) is 5.76 Å². The van der Waals surface area contributed by atoms with Crippen molar-refractivity contribution in [2.75, 3.05) is 19.6 Å². The molecular formula is C20H26N2O2. The molecule has 1 saturated heterocycles. The molecule has 0 aromatic carbocycles. The zero-order valence-electron chi connectivity index (χ0n) is 14.6. The molecule has 0 amide bonds. The number of aromatic nitrogens is 1. The number of hydrogen-bond donors (Lipinski definition) is 1. The van der Waals surface area contributed by atoms with Crippen molar-refractivity contribution in [2.24, 2.45) is 11.8 Å². The standard InChI is InChI=1S/C20H26N2O2/c1-3-16-13(2)21-18-11-14-6-8-22(9-7-15-5-4-10-24-15)12-17(14)20(23)19(16)18/h4-5,10,14,17,21H,3,6-9,11-12H2,1-2H3/t14-,17+/m0/s1. The van der Waals surface area contributed by atoms with Gasteiger partial charge in [-0.1, -0.05) is 6.92 Å². The summed E-state index contributed by atoms with van der Waals surface area (Å²) in [7, 11) is 0. The molecule has 128 valence electrons. The quantitative estimate of drug-likeness (QED) is 0.937. The SMILES string of the molecule is CCc1c(C)[nH]c2c1C(=O)[C@@H]1CN(CCc3ccco3)CC[C@H]1C2. The molecule has 1 N–H and O–H groups in total. The van der Waals surface area contributed by atoms with Crippen LogP contribution in [0.2, 0.25) is 0 Å². The first-order valence-corrected chi connectivity index (χ1v) is 9.16. The Kier molecular flexibility index (Phi) is 4.09. The van der Waals surface area contributed by atoms with Gasteiger partial charge in [-0.25, -0.2) is 0 Å². The number of nitrogens with one attached hydrogen (secondary N) is 1. The lowest BCUT2D eigenvalue weighted by atomic mass is 9.72. The number of piperidine rings is 1. The largest absolute Gasteiger partial charge is 0.469 e.